The van der Waals surface area contributed by atoms with Gasteiger partial charge < -0.3 is 5.11 Å². The van der Waals surface area contributed by atoms with Crippen LogP contribution in [0.25, 0.3) is 6.08 Å². The second kappa shape index (κ2) is 3.06. The fourth-order valence-corrected chi connectivity index (χ4v) is 1.34. The van der Waals surface area contributed by atoms with Gasteiger partial charge in [0.05, 0.1) is 0 Å². The Balaban J connectivity index is 2.57. The summed E-state index contributed by atoms with van der Waals surface area (Å²) in [5.41, 5.74) is 0.853. The van der Waals surface area contributed by atoms with Crippen LogP contribution in [-0.4, -0.2) is 21.8 Å². The molecule has 0 aromatic carbocycles. The smallest absolute Gasteiger partial charge is 0.354 e. The topological polar surface area (TPSA) is 67.3 Å². The summed E-state index contributed by atoms with van der Waals surface area (Å²) >= 11 is 0. The quantitative estimate of drug-likeness (QED) is 0.724. The zero-order chi connectivity index (χ0) is 10.1. The molecule has 14 heavy (non-hydrogen) atoms. The van der Waals surface area contributed by atoms with E-state index >= 15 is 0 Å². The van der Waals surface area contributed by atoms with Crippen molar-refractivity contribution >= 4 is 17.8 Å². The molecule has 4 heteroatoms. The van der Waals surface area contributed by atoms with Crippen molar-refractivity contribution in [3.8, 4) is 0 Å². The van der Waals surface area contributed by atoms with E-state index in [1.54, 1.807) is 18.2 Å². The van der Waals surface area contributed by atoms with E-state index in [0.717, 1.165) is 0 Å². The van der Waals surface area contributed by atoms with Gasteiger partial charge in [-0.05, 0) is 6.07 Å². The molecule has 0 unspecified atom stereocenters. The van der Waals surface area contributed by atoms with Gasteiger partial charge in [-0.2, -0.15) is 0 Å². The Hall–Kier alpha value is -1.97. The van der Waals surface area contributed by atoms with Gasteiger partial charge in [-0.3, -0.25) is 4.79 Å². The van der Waals surface area contributed by atoms with Crippen molar-refractivity contribution in [1.82, 2.24) is 4.98 Å². The van der Waals surface area contributed by atoms with Crippen LogP contribution in [0, 0.1) is 0 Å². The molecule has 0 aliphatic heterocycles. The van der Waals surface area contributed by atoms with E-state index in [0.29, 0.717) is 12.0 Å². The molecular formula is C10H7NO3. The minimum absolute atomic E-state index is 0.0904. The molecule has 70 valence electrons. The lowest BCUT2D eigenvalue weighted by atomic mass is 10.0. The third-order valence-electron chi connectivity index (χ3n) is 2.01. The number of carboxylic acids is 1. The van der Waals surface area contributed by atoms with E-state index in [1.165, 1.54) is 6.07 Å². The monoisotopic (exact) mass is 189 g/mol. The number of pyridine rings is 1. The molecular weight excluding hydrogens is 182 g/mol. The molecule has 1 aromatic heterocycles. The first kappa shape index (κ1) is 8.62. The highest BCUT2D eigenvalue weighted by molar-refractivity contribution is 6.01. The van der Waals surface area contributed by atoms with Gasteiger partial charge in [-0.15, -0.1) is 0 Å². The van der Waals surface area contributed by atoms with Crippen LogP contribution in [0.15, 0.2) is 18.2 Å². The van der Waals surface area contributed by atoms with Crippen LogP contribution in [0.2, 0.25) is 0 Å². The molecule has 1 heterocycles. The molecule has 0 amide bonds. The Morgan fingerprint density at radius 1 is 1.43 bits per heavy atom. The highest BCUT2D eigenvalue weighted by atomic mass is 16.4. The number of aromatic nitrogens is 1. The van der Waals surface area contributed by atoms with Crippen LogP contribution in [0.3, 0.4) is 0 Å². The minimum atomic E-state index is -1.12. The Morgan fingerprint density at radius 3 is 2.93 bits per heavy atom. The van der Waals surface area contributed by atoms with Gasteiger partial charge in [0.15, 0.2) is 5.78 Å². The van der Waals surface area contributed by atoms with E-state index in [-0.39, 0.29) is 17.2 Å². The van der Waals surface area contributed by atoms with Crippen molar-refractivity contribution in [1.29, 1.82) is 0 Å². The van der Waals surface area contributed by atoms with Gasteiger partial charge in [0, 0.05) is 12.0 Å². The molecule has 0 bridgehead atoms. The molecule has 2 rings (SSSR count). The van der Waals surface area contributed by atoms with Gasteiger partial charge in [-0.25, -0.2) is 9.78 Å². The molecule has 0 saturated carbocycles. The highest BCUT2D eigenvalue weighted by Gasteiger charge is 2.16. The lowest BCUT2D eigenvalue weighted by Gasteiger charge is -2.07. The fraction of sp³-hybridized carbons (Fsp3) is 0.100. The lowest BCUT2D eigenvalue weighted by Crippen LogP contribution is -2.11. The summed E-state index contributed by atoms with van der Waals surface area (Å²) in [5.74, 6) is -1.25. The summed E-state index contributed by atoms with van der Waals surface area (Å²) in [6.45, 7) is 0. The summed E-state index contributed by atoms with van der Waals surface area (Å²) in [6, 6.07) is 2.99. The number of aromatic carboxylic acids is 1. The maximum atomic E-state index is 11.4. The highest BCUT2D eigenvalue weighted by Crippen LogP contribution is 2.17. The number of rotatable bonds is 1. The molecule has 1 aromatic rings. The largest absolute Gasteiger partial charge is 0.477 e. The standard InChI is InChI=1S/C10H7NO3/c12-8-3-1-2-6-4-5-7(10(13)14)11-9(6)8/h1-2,4-5H,3H2,(H,13,14). The maximum Gasteiger partial charge on any atom is 0.354 e. The van der Waals surface area contributed by atoms with Crippen LogP contribution in [0.5, 0.6) is 0 Å². The Morgan fingerprint density at radius 2 is 2.21 bits per heavy atom. The number of hydrogen-bond donors (Lipinski definition) is 1. The van der Waals surface area contributed by atoms with Crippen molar-refractivity contribution in [3.63, 3.8) is 0 Å². The average molecular weight is 189 g/mol. The second-order valence-electron chi connectivity index (χ2n) is 2.97. The number of fused-ring (bicyclic) bond motifs is 1. The predicted molar refractivity (Wildman–Crippen MR) is 49.2 cm³/mol. The summed E-state index contributed by atoms with van der Waals surface area (Å²) in [7, 11) is 0. The number of nitrogens with zero attached hydrogens (tertiary/aromatic N) is 1. The minimum Gasteiger partial charge on any atom is -0.477 e. The van der Waals surface area contributed by atoms with Gasteiger partial charge in [0.1, 0.15) is 11.4 Å². The number of ketones is 1. The van der Waals surface area contributed by atoms with Gasteiger partial charge in [-0.1, -0.05) is 18.2 Å². The van der Waals surface area contributed by atoms with E-state index in [1.807, 2.05) is 0 Å². The Kier molecular flexibility index (Phi) is 1.89. The molecule has 0 radical (unpaired) electrons. The molecule has 1 aliphatic rings. The van der Waals surface area contributed by atoms with Crippen molar-refractivity contribution in [3.05, 3.63) is 35.2 Å². The number of Topliss-reactive ketones (excluding diaryl/α,β-unsaturated/α-hetero) is 1. The summed E-state index contributed by atoms with van der Waals surface area (Å²) < 4.78 is 0. The van der Waals surface area contributed by atoms with Gasteiger partial charge in [0.25, 0.3) is 0 Å². The lowest BCUT2D eigenvalue weighted by molar-refractivity contribution is 0.0690. The average Bonchev–Trinajstić information content (AvgIpc) is 2.18. The maximum absolute atomic E-state index is 11.4. The van der Waals surface area contributed by atoms with Crippen molar-refractivity contribution in [2.75, 3.05) is 0 Å². The molecule has 1 aliphatic carbocycles. The first-order chi connectivity index (χ1) is 6.68. The van der Waals surface area contributed by atoms with Crippen LogP contribution >= 0.6 is 0 Å². The third kappa shape index (κ3) is 1.31. The molecule has 0 fully saturated rings. The van der Waals surface area contributed by atoms with Crippen molar-refractivity contribution in [2.24, 2.45) is 0 Å². The number of hydrogen-bond acceptors (Lipinski definition) is 3. The van der Waals surface area contributed by atoms with Crippen molar-refractivity contribution < 1.29 is 14.7 Å². The van der Waals surface area contributed by atoms with Crippen LogP contribution in [0.4, 0.5) is 0 Å². The Labute approximate surface area is 79.9 Å². The van der Waals surface area contributed by atoms with Crippen molar-refractivity contribution in [2.45, 2.75) is 6.42 Å². The molecule has 1 N–H and O–H groups in total. The first-order valence-corrected chi connectivity index (χ1v) is 4.12. The van der Waals surface area contributed by atoms with Crippen LogP contribution in [0.1, 0.15) is 33.0 Å². The predicted octanol–water partition coefficient (Wildman–Crippen LogP) is 1.38. The zero-order valence-corrected chi connectivity index (χ0v) is 7.23. The molecule has 0 saturated heterocycles. The summed E-state index contributed by atoms with van der Waals surface area (Å²) in [4.78, 5) is 25.7. The van der Waals surface area contributed by atoms with E-state index in [2.05, 4.69) is 4.98 Å². The number of carbonyl (C=O) groups is 2. The molecule has 4 nitrogen and oxygen atoms in total. The van der Waals surface area contributed by atoms with E-state index in [4.69, 9.17) is 5.11 Å². The Bertz CT molecular complexity index is 449. The fourth-order valence-electron chi connectivity index (χ4n) is 1.34. The number of allylic oxidation sites excluding steroid dienone is 1. The summed E-state index contributed by atoms with van der Waals surface area (Å²) in [6.07, 6.45) is 3.81. The first-order valence-electron chi connectivity index (χ1n) is 4.12. The summed E-state index contributed by atoms with van der Waals surface area (Å²) in [5, 5.41) is 8.68. The van der Waals surface area contributed by atoms with Gasteiger partial charge in [0.2, 0.25) is 0 Å². The number of carboxylic acid groups (broad SMARTS) is 1. The molecule has 0 spiro atoms. The number of carbonyl (C=O) groups excluding carboxylic acids is 1. The molecule has 0 atom stereocenters. The zero-order valence-electron chi connectivity index (χ0n) is 7.23. The van der Waals surface area contributed by atoms with E-state index in [9.17, 15) is 9.59 Å². The van der Waals surface area contributed by atoms with Crippen LogP contribution < -0.4 is 0 Å². The second-order valence-corrected chi connectivity index (χ2v) is 2.97. The van der Waals surface area contributed by atoms with Gasteiger partial charge >= 0.3 is 5.97 Å². The normalized spacial score (nSPS) is 13.9. The van der Waals surface area contributed by atoms with Crippen LogP contribution in [-0.2, 0) is 0 Å². The SMILES string of the molecule is O=C(O)c1ccc2c(n1)C(=O)CC=C2. The van der Waals surface area contributed by atoms with E-state index < -0.39 is 5.97 Å². The third-order valence-corrected chi connectivity index (χ3v) is 2.01.